The van der Waals surface area contributed by atoms with Crippen LogP contribution in [-0.2, 0) is 10.0 Å². The van der Waals surface area contributed by atoms with E-state index in [-0.39, 0.29) is 45.3 Å². The van der Waals surface area contributed by atoms with E-state index in [1.807, 2.05) is 4.72 Å². The molecule has 0 unspecified atom stereocenters. The summed E-state index contributed by atoms with van der Waals surface area (Å²) in [5.41, 5.74) is -0.0194. The van der Waals surface area contributed by atoms with E-state index in [1.165, 1.54) is 0 Å². The van der Waals surface area contributed by atoms with Gasteiger partial charge in [-0.25, -0.2) is 26.7 Å². The molecule has 4 aliphatic rings. The van der Waals surface area contributed by atoms with E-state index in [1.54, 1.807) is 0 Å². The van der Waals surface area contributed by atoms with Crippen molar-refractivity contribution in [2.24, 2.45) is 52.3 Å². The van der Waals surface area contributed by atoms with Crippen molar-refractivity contribution in [3.63, 3.8) is 0 Å². The van der Waals surface area contributed by atoms with E-state index in [0.29, 0.717) is 42.6 Å². The standard InChI is InChI=1S/C33H50F2N2O5S/c1-5-23-27-18-21(38)12-15-33(27,4)26-13-16-32(3)24(10-11-25(32)28(26)29(23)39)19(2)14-17-36-31(40)37-43(41,42)22-8-6-20(7-9-22)30(34)35/h6-9,19,21,23-30,38-39H,5,10-18H2,1-4H3,(H2,36,37,40)/t19-,21-,23-,24-,25+,26+,27+,28+,29-,32-,33-/m1/s1. The molecule has 4 N–H and O–H groups in total. The lowest BCUT2D eigenvalue weighted by Crippen LogP contribution is -2.62. The average molecular weight is 625 g/mol. The van der Waals surface area contributed by atoms with Gasteiger partial charge >= 0.3 is 6.03 Å². The van der Waals surface area contributed by atoms with Gasteiger partial charge in [0.05, 0.1) is 17.1 Å². The molecule has 242 valence electrons. The van der Waals surface area contributed by atoms with E-state index in [9.17, 15) is 32.2 Å². The molecular weight excluding hydrogens is 574 g/mol. The molecule has 2 amide bonds. The van der Waals surface area contributed by atoms with E-state index in [4.69, 9.17) is 0 Å². The second-order valence-corrected chi connectivity index (χ2v) is 16.3. The highest BCUT2D eigenvalue weighted by atomic mass is 32.2. The minimum absolute atomic E-state index is 0.104. The number of amides is 2. The number of hydrogen-bond donors (Lipinski definition) is 4. The number of aliphatic hydroxyl groups is 2. The zero-order valence-corrected chi connectivity index (χ0v) is 26.8. The summed E-state index contributed by atoms with van der Waals surface area (Å²) in [6.45, 7) is 9.59. The summed E-state index contributed by atoms with van der Waals surface area (Å²) in [7, 11) is -4.18. The molecular formula is C33H50F2N2O5S. The second kappa shape index (κ2) is 12.2. The van der Waals surface area contributed by atoms with Crippen molar-refractivity contribution >= 4 is 16.1 Å². The summed E-state index contributed by atoms with van der Waals surface area (Å²) in [5.74, 6) is 2.56. The molecule has 5 rings (SSSR count). The SMILES string of the molecule is CC[C@H]1[C@@H](O)[C@@H]2[C@H](CC[C@]3(C)[C@@H]([C@H](C)CCNC(=O)NS(=O)(=O)c4ccc(C(F)F)cc4)CC[C@@H]23)[C@@]2(C)CC[C@@H](O)C[C@@H]12. The normalized spacial score (nSPS) is 39.8. The third-order valence-corrected chi connectivity index (χ3v) is 14.1. The van der Waals surface area contributed by atoms with Gasteiger partial charge in [-0.15, -0.1) is 0 Å². The van der Waals surface area contributed by atoms with Crippen molar-refractivity contribution in [3.8, 4) is 0 Å². The van der Waals surface area contributed by atoms with Crippen LogP contribution in [0.25, 0.3) is 0 Å². The Hall–Kier alpha value is -1.78. The molecule has 7 nitrogen and oxygen atoms in total. The maximum atomic E-state index is 12.8. The van der Waals surface area contributed by atoms with Crippen LogP contribution in [0, 0.1) is 52.3 Å². The largest absolute Gasteiger partial charge is 0.393 e. The Morgan fingerprint density at radius 3 is 2.30 bits per heavy atom. The molecule has 0 radical (unpaired) electrons. The molecule has 11 atom stereocenters. The first kappa shape index (κ1) is 32.6. The highest BCUT2D eigenvalue weighted by Crippen LogP contribution is 2.69. The Morgan fingerprint density at radius 2 is 1.65 bits per heavy atom. The monoisotopic (exact) mass is 624 g/mol. The first-order chi connectivity index (χ1) is 20.2. The van der Waals surface area contributed by atoms with Crippen molar-refractivity contribution in [2.45, 2.75) is 109 Å². The summed E-state index contributed by atoms with van der Waals surface area (Å²) in [6, 6.07) is 3.37. The molecule has 1 aromatic rings. The van der Waals surface area contributed by atoms with Crippen molar-refractivity contribution in [2.75, 3.05) is 6.54 Å². The fourth-order valence-corrected chi connectivity index (χ4v) is 11.5. The van der Waals surface area contributed by atoms with Crippen molar-refractivity contribution in [3.05, 3.63) is 29.8 Å². The van der Waals surface area contributed by atoms with Crippen LogP contribution >= 0.6 is 0 Å². The number of hydrogen-bond acceptors (Lipinski definition) is 5. The number of alkyl halides is 2. The molecule has 10 heteroatoms. The number of carbonyl (C=O) groups excluding carboxylic acids is 1. The number of carbonyl (C=O) groups is 1. The van der Waals surface area contributed by atoms with Crippen LogP contribution in [0.3, 0.4) is 0 Å². The third-order valence-electron chi connectivity index (χ3n) is 12.7. The van der Waals surface area contributed by atoms with Crippen molar-refractivity contribution in [1.29, 1.82) is 0 Å². The van der Waals surface area contributed by atoms with Gasteiger partial charge in [-0.05, 0) is 116 Å². The Labute approximate surface area is 255 Å². The van der Waals surface area contributed by atoms with Crippen LogP contribution in [0.5, 0.6) is 0 Å². The number of nitrogens with one attached hydrogen (secondary N) is 2. The number of benzene rings is 1. The zero-order chi connectivity index (χ0) is 31.3. The molecule has 4 fully saturated rings. The lowest BCUT2D eigenvalue weighted by molar-refractivity contribution is -0.203. The van der Waals surface area contributed by atoms with Crippen molar-refractivity contribution < 1.29 is 32.2 Å². The number of halogens is 2. The van der Waals surface area contributed by atoms with Crippen molar-refractivity contribution in [1.82, 2.24) is 10.0 Å². The average Bonchev–Trinajstić information content (AvgIpc) is 3.31. The minimum atomic E-state index is -4.18. The van der Waals surface area contributed by atoms with E-state index in [0.717, 1.165) is 75.6 Å². The first-order valence-electron chi connectivity index (χ1n) is 16.3. The quantitative estimate of drug-likeness (QED) is 0.272. The van der Waals surface area contributed by atoms with Crippen LogP contribution in [0.15, 0.2) is 29.2 Å². The van der Waals surface area contributed by atoms with Gasteiger partial charge in [0.2, 0.25) is 0 Å². The smallest absolute Gasteiger partial charge is 0.328 e. The molecule has 0 saturated heterocycles. The topological polar surface area (TPSA) is 116 Å². The molecule has 4 aliphatic carbocycles. The summed E-state index contributed by atoms with van der Waals surface area (Å²) < 4.78 is 52.7. The summed E-state index contributed by atoms with van der Waals surface area (Å²) >= 11 is 0. The molecule has 0 aliphatic heterocycles. The minimum Gasteiger partial charge on any atom is -0.393 e. The number of rotatable bonds is 8. The van der Waals surface area contributed by atoms with Crippen LogP contribution in [0.1, 0.15) is 97.5 Å². The van der Waals surface area contributed by atoms with Gasteiger partial charge in [-0.3, -0.25) is 0 Å². The Balaban J connectivity index is 1.20. The highest BCUT2D eigenvalue weighted by Gasteiger charge is 2.64. The molecule has 0 spiro atoms. The Kier molecular flexibility index (Phi) is 9.25. The maximum Gasteiger partial charge on any atom is 0.328 e. The van der Waals surface area contributed by atoms with Crippen LogP contribution in [-0.4, -0.2) is 43.4 Å². The predicted molar refractivity (Wildman–Crippen MR) is 161 cm³/mol. The van der Waals surface area contributed by atoms with E-state index in [2.05, 4.69) is 33.0 Å². The lowest BCUT2D eigenvalue weighted by Gasteiger charge is -2.64. The number of sulfonamides is 1. The molecule has 0 aromatic heterocycles. The second-order valence-electron chi connectivity index (χ2n) is 14.6. The number of urea groups is 1. The molecule has 43 heavy (non-hydrogen) atoms. The van der Waals surface area contributed by atoms with Crippen LogP contribution < -0.4 is 10.0 Å². The lowest BCUT2D eigenvalue weighted by atomic mass is 9.41. The number of fused-ring (bicyclic) bond motifs is 5. The summed E-state index contributed by atoms with van der Waals surface area (Å²) in [5, 5.41) is 25.1. The molecule has 0 heterocycles. The number of aliphatic hydroxyl groups excluding tert-OH is 2. The predicted octanol–water partition coefficient (Wildman–Crippen LogP) is 6.27. The maximum absolute atomic E-state index is 12.8. The van der Waals surface area contributed by atoms with E-state index >= 15 is 0 Å². The van der Waals surface area contributed by atoms with Gasteiger partial charge in [0.1, 0.15) is 0 Å². The summed E-state index contributed by atoms with van der Waals surface area (Å²) in [6.07, 6.45) is 5.47. The highest BCUT2D eigenvalue weighted by molar-refractivity contribution is 7.90. The Morgan fingerprint density at radius 1 is 1.00 bits per heavy atom. The van der Waals surface area contributed by atoms with Crippen LogP contribution in [0.4, 0.5) is 13.6 Å². The first-order valence-corrected chi connectivity index (χ1v) is 17.8. The third kappa shape index (κ3) is 5.85. The van der Waals surface area contributed by atoms with Crippen LogP contribution in [0.2, 0.25) is 0 Å². The van der Waals surface area contributed by atoms with Gasteiger partial charge in [0.15, 0.2) is 0 Å². The molecule has 1 aromatic carbocycles. The van der Waals surface area contributed by atoms with E-state index < -0.39 is 22.5 Å². The van der Waals surface area contributed by atoms with Gasteiger partial charge in [-0.1, -0.05) is 46.2 Å². The molecule has 0 bridgehead atoms. The summed E-state index contributed by atoms with van der Waals surface area (Å²) in [4.78, 5) is 12.2. The zero-order valence-electron chi connectivity index (χ0n) is 25.9. The van der Waals surface area contributed by atoms with Gasteiger partial charge in [-0.2, -0.15) is 0 Å². The molecule has 4 saturated carbocycles. The van der Waals surface area contributed by atoms with Gasteiger partial charge in [0.25, 0.3) is 16.4 Å². The van der Waals surface area contributed by atoms with Gasteiger partial charge < -0.3 is 15.5 Å². The van der Waals surface area contributed by atoms with Gasteiger partial charge in [0, 0.05) is 12.1 Å². The Bertz CT molecular complexity index is 1260. The fourth-order valence-electron chi connectivity index (χ4n) is 10.6. The fraction of sp³-hybridized carbons (Fsp3) is 0.788.